The van der Waals surface area contributed by atoms with E-state index in [1.54, 1.807) is 5.38 Å². The van der Waals surface area contributed by atoms with Gasteiger partial charge in [0.2, 0.25) is 5.03 Å². The molecule has 0 fully saturated rings. The van der Waals surface area contributed by atoms with Gasteiger partial charge in [0.15, 0.2) is 10.1 Å². The van der Waals surface area contributed by atoms with Crippen LogP contribution in [0.15, 0.2) is 16.6 Å². The zero-order valence-corrected chi connectivity index (χ0v) is 8.40. The molecule has 0 aliphatic rings. The molecule has 1 N–H and O–H groups in total. The molecular formula is C5H3ClN2O3S2. The van der Waals surface area contributed by atoms with Gasteiger partial charge in [0.25, 0.3) is 0 Å². The topological polar surface area (TPSA) is 71.7 Å². The van der Waals surface area contributed by atoms with Crippen LogP contribution in [-0.4, -0.2) is 22.4 Å². The van der Waals surface area contributed by atoms with Gasteiger partial charge in [-0.25, -0.2) is 4.98 Å². The average molecular weight is 239 g/mol. The highest BCUT2D eigenvalue weighted by molar-refractivity contribution is 7.85. The molecule has 2 rings (SSSR count). The van der Waals surface area contributed by atoms with Crippen LogP contribution in [0.4, 0.5) is 0 Å². The van der Waals surface area contributed by atoms with Crippen molar-refractivity contribution in [1.29, 1.82) is 0 Å². The Balaban J connectivity index is 2.94. The minimum atomic E-state index is -4.31. The quantitative estimate of drug-likeness (QED) is 0.760. The van der Waals surface area contributed by atoms with E-state index < -0.39 is 10.1 Å². The molecule has 0 aliphatic carbocycles. The van der Waals surface area contributed by atoms with E-state index in [2.05, 4.69) is 4.98 Å². The van der Waals surface area contributed by atoms with Crippen LogP contribution in [0.3, 0.4) is 0 Å². The summed E-state index contributed by atoms with van der Waals surface area (Å²) in [5.74, 6) is 0. The molecule has 0 aliphatic heterocycles. The van der Waals surface area contributed by atoms with Crippen LogP contribution in [0.1, 0.15) is 0 Å². The predicted molar refractivity (Wildman–Crippen MR) is 47.9 cm³/mol. The van der Waals surface area contributed by atoms with Crippen molar-refractivity contribution >= 4 is 38.0 Å². The number of imidazole rings is 1. The highest BCUT2D eigenvalue weighted by atomic mass is 35.5. The fraction of sp³-hybridized carbons (Fsp3) is 0. The third-order valence-electron chi connectivity index (χ3n) is 1.42. The first-order chi connectivity index (χ1) is 6.00. The SMILES string of the molecule is O=S(=O)(O)c1c(Cl)nc2sccn12. The third kappa shape index (κ3) is 1.33. The lowest BCUT2D eigenvalue weighted by atomic mass is 10.9. The molecule has 0 saturated heterocycles. The van der Waals surface area contributed by atoms with Crippen LogP contribution < -0.4 is 0 Å². The minimum Gasteiger partial charge on any atom is -0.281 e. The van der Waals surface area contributed by atoms with E-state index in [4.69, 9.17) is 16.2 Å². The summed E-state index contributed by atoms with van der Waals surface area (Å²) < 4.78 is 31.7. The Morgan fingerprint density at radius 1 is 1.62 bits per heavy atom. The van der Waals surface area contributed by atoms with E-state index in [0.717, 1.165) is 0 Å². The summed E-state index contributed by atoms with van der Waals surface area (Å²) >= 11 is 6.76. The minimum absolute atomic E-state index is 0.214. The van der Waals surface area contributed by atoms with Crippen molar-refractivity contribution in [2.45, 2.75) is 5.03 Å². The van der Waals surface area contributed by atoms with Gasteiger partial charge in [-0.05, 0) is 0 Å². The zero-order valence-electron chi connectivity index (χ0n) is 6.01. The number of thiazole rings is 1. The molecule has 70 valence electrons. The van der Waals surface area contributed by atoms with Gasteiger partial charge >= 0.3 is 10.1 Å². The largest absolute Gasteiger partial charge is 0.313 e. The maximum atomic E-state index is 10.8. The number of aromatic nitrogens is 2. The van der Waals surface area contributed by atoms with Crippen LogP contribution in [0.5, 0.6) is 0 Å². The fourth-order valence-electron chi connectivity index (χ4n) is 0.969. The lowest BCUT2D eigenvalue weighted by Gasteiger charge is -1.92. The molecule has 0 amide bonds. The van der Waals surface area contributed by atoms with Crippen molar-refractivity contribution < 1.29 is 13.0 Å². The molecule has 2 aromatic heterocycles. The molecule has 13 heavy (non-hydrogen) atoms. The maximum Gasteiger partial charge on any atom is 0.313 e. The Kier molecular flexibility index (Phi) is 1.84. The second-order valence-corrected chi connectivity index (χ2v) is 4.81. The normalized spacial score (nSPS) is 12.5. The molecule has 8 heteroatoms. The third-order valence-corrected chi connectivity index (χ3v) is 3.43. The lowest BCUT2D eigenvalue weighted by molar-refractivity contribution is 0.478. The average Bonchev–Trinajstić information content (AvgIpc) is 2.41. The van der Waals surface area contributed by atoms with E-state index in [1.165, 1.54) is 21.9 Å². The Bertz CT molecular complexity index is 555. The first-order valence-electron chi connectivity index (χ1n) is 3.08. The number of rotatable bonds is 1. The second kappa shape index (κ2) is 2.68. The number of hydrogen-bond acceptors (Lipinski definition) is 4. The van der Waals surface area contributed by atoms with Crippen LogP contribution >= 0.6 is 22.9 Å². The smallest absolute Gasteiger partial charge is 0.281 e. The molecule has 0 radical (unpaired) electrons. The van der Waals surface area contributed by atoms with E-state index >= 15 is 0 Å². The number of fused-ring (bicyclic) bond motifs is 1. The fourth-order valence-corrected chi connectivity index (χ4v) is 2.91. The monoisotopic (exact) mass is 238 g/mol. The molecule has 5 nitrogen and oxygen atoms in total. The van der Waals surface area contributed by atoms with Crippen LogP contribution in [0.25, 0.3) is 4.96 Å². The zero-order chi connectivity index (χ0) is 9.64. The van der Waals surface area contributed by atoms with Crippen LogP contribution in [-0.2, 0) is 10.1 Å². The summed E-state index contributed by atoms with van der Waals surface area (Å²) in [7, 11) is -4.31. The predicted octanol–water partition coefficient (Wildman–Crippen LogP) is 1.30. The van der Waals surface area contributed by atoms with Crippen molar-refractivity contribution in [3.8, 4) is 0 Å². The van der Waals surface area contributed by atoms with Crippen molar-refractivity contribution in [3.63, 3.8) is 0 Å². The van der Waals surface area contributed by atoms with Gasteiger partial charge in [-0.2, -0.15) is 8.42 Å². The van der Waals surface area contributed by atoms with Gasteiger partial charge in [-0.1, -0.05) is 11.6 Å². The van der Waals surface area contributed by atoms with Gasteiger partial charge in [0, 0.05) is 11.6 Å². The van der Waals surface area contributed by atoms with Crippen molar-refractivity contribution in [2.75, 3.05) is 0 Å². The van der Waals surface area contributed by atoms with E-state index in [1.807, 2.05) is 0 Å². The van der Waals surface area contributed by atoms with E-state index in [-0.39, 0.29) is 10.2 Å². The molecule has 0 atom stereocenters. The second-order valence-electron chi connectivity index (χ2n) is 2.24. The summed E-state index contributed by atoms with van der Waals surface area (Å²) in [5, 5.41) is 1.05. The molecular weight excluding hydrogens is 236 g/mol. The van der Waals surface area contributed by atoms with Crippen LogP contribution in [0, 0.1) is 0 Å². The summed E-state index contributed by atoms with van der Waals surface area (Å²) in [6.07, 6.45) is 1.47. The highest BCUT2D eigenvalue weighted by Crippen LogP contribution is 2.24. The Hall–Kier alpha value is -0.630. The first-order valence-corrected chi connectivity index (χ1v) is 5.78. The van der Waals surface area contributed by atoms with Gasteiger partial charge < -0.3 is 0 Å². The molecule has 2 heterocycles. The Morgan fingerprint density at radius 2 is 2.31 bits per heavy atom. The van der Waals surface area contributed by atoms with Gasteiger partial charge in [0.1, 0.15) is 0 Å². The van der Waals surface area contributed by atoms with E-state index in [9.17, 15) is 8.42 Å². The summed E-state index contributed by atoms with van der Waals surface area (Å²) in [5.41, 5.74) is 0. The number of hydrogen-bond donors (Lipinski definition) is 1. The molecule has 0 unspecified atom stereocenters. The standard InChI is InChI=1S/C5H3ClN2O3S2/c6-3-4(13(9,10)11)8-1-2-12-5(8)7-3/h1-2H,(H,9,10,11). The maximum absolute atomic E-state index is 10.8. The highest BCUT2D eigenvalue weighted by Gasteiger charge is 2.22. The number of halogens is 1. The van der Waals surface area contributed by atoms with Crippen molar-refractivity contribution in [3.05, 3.63) is 16.7 Å². The molecule has 0 bridgehead atoms. The molecule has 2 aromatic rings. The summed E-state index contributed by atoms with van der Waals surface area (Å²) in [6, 6.07) is 0. The van der Waals surface area contributed by atoms with Crippen molar-refractivity contribution in [1.82, 2.24) is 9.38 Å². The Morgan fingerprint density at radius 3 is 2.92 bits per heavy atom. The summed E-state index contributed by atoms with van der Waals surface area (Å²) in [4.78, 5) is 4.18. The lowest BCUT2D eigenvalue weighted by Crippen LogP contribution is -2.01. The van der Waals surface area contributed by atoms with Crippen LogP contribution in [0.2, 0.25) is 5.15 Å². The van der Waals surface area contributed by atoms with Gasteiger partial charge in [0.05, 0.1) is 0 Å². The van der Waals surface area contributed by atoms with E-state index in [0.29, 0.717) is 4.96 Å². The first kappa shape index (κ1) is 8.95. The van der Waals surface area contributed by atoms with Crippen molar-refractivity contribution in [2.24, 2.45) is 0 Å². The molecule has 0 aromatic carbocycles. The summed E-state index contributed by atoms with van der Waals surface area (Å²) in [6.45, 7) is 0. The molecule has 0 spiro atoms. The molecule has 0 saturated carbocycles. The Labute approximate surface area is 82.3 Å². The number of nitrogens with zero attached hydrogens (tertiary/aromatic N) is 2. The van der Waals surface area contributed by atoms with Gasteiger partial charge in [-0.15, -0.1) is 11.3 Å². The van der Waals surface area contributed by atoms with Gasteiger partial charge in [-0.3, -0.25) is 8.95 Å².